The first-order valence-corrected chi connectivity index (χ1v) is 11.5. The van der Waals surface area contributed by atoms with E-state index in [1.165, 1.54) is 4.90 Å². The average molecular weight is 456 g/mol. The van der Waals surface area contributed by atoms with Crippen molar-refractivity contribution in [3.63, 3.8) is 0 Å². The molecule has 2 amide bonds. The third-order valence-corrected chi connectivity index (χ3v) is 6.45. The molecule has 0 aliphatic carbocycles. The molecule has 2 heterocycles. The van der Waals surface area contributed by atoms with Gasteiger partial charge in [0.25, 0.3) is 0 Å². The summed E-state index contributed by atoms with van der Waals surface area (Å²) in [5.41, 5.74) is 4.76. The Hall–Kier alpha value is -2.71. The van der Waals surface area contributed by atoms with Gasteiger partial charge in [0.15, 0.2) is 0 Å². The van der Waals surface area contributed by atoms with Crippen molar-refractivity contribution in [2.75, 3.05) is 13.6 Å². The van der Waals surface area contributed by atoms with Gasteiger partial charge in [-0.15, -0.1) is 0 Å². The molecule has 33 heavy (non-hydrogen) atoms. The molecule has 1 aromatic heterocycles. The van der Waals surface area contributed by atoms with E-state index in [4.69, 9.17) is 0 Å². The van der Waals surface area contributed by atoms with Crippen LogP contribution in [-0.4, -0.2) is 63.8 Å². The summed E-state index contributed by atoms with van der Waals surface area (Å²) in [6, 6.07) is 6.67. The highest BCUT2D eigenvalue weighted by atomic mass is 16.3. The lowest BCUT2D eigenvalue weighted by Gasteiger charge is -2.34. The Morgan fingerprint density at radius 1 is 1.21 bits per heavy atom. The van der Waals surface area contributed by atoms with E-state index in [1.807, 2.05) is 65.8 Å². The highest BCUT2D eigenvalue weighted by Crippen LogP contribution is 2.28. The summed E-state index contributed by atoms with van der Waals surface area (Å²) in [6.45, 7) is 12.0. The lowest BCUT2D eigenvalue weighted by molar-refractivity contribution is -0.142. The number of hydrogen-bond donors (Lipinski definition) is 4. The molecule has 1 aliphatic rings. The fourth-order valence-electron chi connectivity index (χ4n) is 4.71. The highest BCUT2D eigenvalue weighted by molar-refractivity contribution is 5.91. The topological polar surface area (TPSA) is 110 Å². The molecule has 4 atom stereocenters. The number of aliphatic hydroxyl groups is 1. The van der Waals surface area contributed by atoms with Crippen LogP contribution in [0.3, 0.4) is 0 Å². The highest BCUT2D eigenvalue weighted by Gasteiger charge is 2.43. The second kappa shape index (κ2) is 9.65. The normalized spacial score (nSPS) is 20.5. The summed E-state index contributed by atoms with van der Waals surface area (Å²) in [5.74, 6) is -0.411. The lowest BCUT2D eigenvalue weighted by atomic mass is 9.86. The SMILES string of the molecule is CN[C@H](C(=O)N1C[C@H](O)C[C@H]1C(=O)N[C@@H](C)c1ccc(-c2c(C)n[nH]c2C)cc1)C(C)(C)C. The third-order valence-electron chi connectivity index (χ3n) is 6.45. The monoisotopic (exact) mass is 455 g/mol. The first kappa shape index (κ1) is 24.9. The van der Waals surface area contributed by atoms with Crippen LogP contribution in [0.25, 0.3) is 11.1 Å². The average Bonchev–Trinajstić information content (AvgIpc) is 3.29. The molecule has 0 radical (unpaired) electrons. The Morgan fingerprint density at radius 3 is 2.36 bits per heavy atom. The second-order valence-corrected chi connectivity index (χ2v) is 10.1. The molecule has 2 aromatic rings. The molecule has 3 rings (SSSR count). The van der Waals surface area contributed by atoms with Gasteiger partial charge in [0.1, 0.15) is 6.04 Å². The standard InChI is InChI=1S/C25H37N5O3/c1-14(17-8-10-18(11-9-17)21-15(2)28-29-16(21)3)27-23(32)20-12-19(31)13-30(20)24(33)22(26-7)25(4,5)6/h8-11,14,19-20,22,26,31H,12-13H2,1-7H3,(H,27,32)(H,28,29)/t14-,19+,20-,22+/m0/s1. The third kappa shape index (κ3) is 5.28. The Morgan fingerprint density at radius 2 is 1.85 bits per heavy atom. The molecule has 1 aliphatic heterocycles. The van der Waals surface area contributed by atoms with Crippen LogP contribution in [0, 0.1) is 19.3 Å². The van der Waals surface area contributed by atoms with E-state index in [1.54, 1.807) is 7.05 Å². The number of likely N-dealkylation sites (N-methyl/N-ethyl adjacent to an activating group) is 1. The van der Waals surface area contributed by atoms with E-state index in [0.717, 1.165) is 28.1 Å². The van der Waals surface area contributed by atoms with Gasteiger partial charge in [-0.25, -0.2) is 0 Å². The van der Waals surface area contributed by atoms with Gasteiger partial charge in [0, 0.05) is 24.2 Å². The number of rotatable bonds is 6. The minimum atomic E-state index is -0.710. The maximum atomic E-state index is 13.2. The van der Waals surface area contributed by atoms with Crippen LogP contribution in [0.4, 0.5) is 0 Å². The van der Waals surface area contributed by atoms with Gasteiger partial charge in [-0.1, -0.05) is 45.0 Å². The van der Waals surface area contributed by atoms with Crippen LogP contribution in [0.1, 0.15) is 57.1 Å². The molecule has 8 heteroatoms. The maximum Gasteiger partial charge on any atom is 0.243 e. The fourth-order valence-corrected chi connectivity index (χ4v) is 4.71. The zero-order chi connectivity index (χ0) is 24.5. The summed E-state index contributed by atoms with van der Waals surface area (Å²) in [5, 5.41) is 23.6. The number of carbonyl (C=O) groups excluding carboxylic acids is 2. The van der Waals surface area contributed by atoms with Crippen molar-refractivity contribution in [1.82, 2.24) is 25.7 Å². The minimum absolute atomic E-state index is 0.162. The van der Waals surface area contributed by atoms with Crippen molar-refractivity contribution in [2.24, 2.45) is 5.41 Å². The summed E-state index contributed by atoms with van der Waals surface area (Å²) >= 11 is 0. The van der Waals surface area contributed by atoms with Crippen LogP contribution >= 0.6 is 0 Å². The zero-order valence-corrected chi connectivity index (χ0v) is 20.7. The van der Waals surface area contributed by atoms with Gasteiger partial charge in [0.05, 0.1) is 23.9 Å². The van der Waals surface area contributed by atoms with Gasteiger partial charge in [-0.2, -0.15) is 5.10 Å². The first-order chi connectivity index (χ1) is 15.4. The number of carbonyl (C=O) groups is 2. The Labute approximate surface area is 196 Å². The summed E-state index contributed by atoms with van der Waals surface area (Å²) < 4.78 is 0. The summed E-state index contributed by atoms with van der Waals surface area (Å²) in [6.07, 6.45) is -0.471. The van der Waals surface area contributed by atoms with Crippen LogP contribution in [0.15, 0.2) is 24.3 Å². The number of benzene rings is 1. The number of nitrogens with zero attached hydrogens (tertiary/aromatic N) is 2. The van der Waals surface area contributed by atoms with E-state index in [0.29, 0.717) is 0 Å². The van der Waals surface area contributed by atoms with Gasteiger partial charge >= 0.3 is 0 Å². The van der Waals surface area contributed by atoms with E-state index < -0.39 is 18.2 Å². The minimum Gasteiger partial charge on any atom is -0.391 e. The molecule has 180 valence electrons. The smallest absolute Gasteiger partial charge is 0.243 e. The van der Waals surface area contributed by atoms with Crippen LogP contribution in [0.2, 0.25) is 0 Å². The number of aromatic amines is 1. The molecule has 1 fully saturated rings. The molecule has 1 aromatic carbocycles. The second-order valence-electron chi connectivity index (χ2n) is 10.1. The van der Waals surface area contributed by atoms with Crippen LogP contribution < -0.4 is 10.6 Å². The van der Waals surface area contributed by atoms with Gasteiger partial charge in [0.2, 0.25) is 11.8 Å². The first-order valence-electron chi connectivity index (χ1n) is 11.5. The molecule has 0 spiro atoms. The molecular formula is C25H37N5O3. The largest absolute Gasteiger partial charge is 0.391 e. The van der Waals surface area contributed by atoms with E-state index >= 15 is 0 Å². The number of H-pyrrole nitrogens is 1. The van der Waals surface area contributed by atoms with Crippen molar-refractivity contribution in [1.29, 1.82) is 0 Å². The number of β-amino-alcohol motifs (C(OH)–C–C–N with tert-alkyl or cyclic N) is 1. The number of nitrogens with one attached hydrogen (secondary N) is 3. The number of aliphatic hydroxyl groups excluding tert-OH is 1. The number of aryl methyl sites for hydroxylation is 2. The molecule has 8 nitrogen and oxygen atoms in total. The maximum absolute atomic E-state index is 13.2. The molecule has 0 bridgehead atoms. The van der Waals surface area contributed by atoms with Crippen molar-refractivity contribution in [3.05, 3.63) is 41.2 Å². The van der Waals surface area contributed by atoms with Crippen molar-refractivity contribution in [2.45, 2.75) is 72.2 Å². The van der Waals surface area contributed by atoms with E-state index in [-0.39, 0.29) is 36.2 Å². The predicted molar refractivity (Wildman–Crippen MR) is 128 cm³/mol. The van der Waals surface area contributed by atoms with Crippen LogP contribution in [0.5, 0.6) is 0 Å². The zero-order valence-electron chi connectivity index (χ0n) is 20.7. The van der Waals surface area contributed by atoms with Crippen molar-refractivity contribution in [3.8, 4) is 11.1 Å². The lowest BCUT2D eigenvalue weighted by Crippen LogP contribution is -2.56. The van der Waals surface area contributed by atoms with E-state index in [9.17, 15) is 14.7 Å². The van der Waals surface area contributed by atoms with Gasteiger partial charge in [-0.3, -0.25) is 14.7 Å². The van der Waals surface area contributed by atoms with Crippen molar-refractivity contribution >= 4 is 11.8 Å². The van der Waals surface area contributed by atoms with Crippen molar-refractivity contribution < 1.29 is 14.7 Å². The predicted octanol–water partition coefficient (Wildman–Crippen LogP) is 2.47. The Bertz CT molecular complexity index is 973. The molecule has 0 saturated carbocycles. The number of aromatic nitrogens is 2. The van der Waals surface area contributed by atoms with E-state index in [2.05, 4.69) is 20.8 Å². The van der Waals surface area contributed by atoms with Crippen LogP contribution in [-0.2, 0) is 9.59 Å². The van der Waals surface area contributed by atoms with Gasteiger partial charge < -0.3 is 20.6 Å². The molecular weight excluding hydrogens is 418 g/mol. The fraction of sp³-hybridized carbons (Fsp3) is 0.560. The summed E-state index contributed by atoms with van der Waals surface area (Å²) in [4.78, 5) is 27.9. The molecule has 1 saturated heterocycles. The Balaban J connectivity index is 1.72. The molecule has 0 unspecified atom stereocenters. The number of likely N-dealkylation sites (tertiary alicyclic amines) is 1. The number of amides is 2. The summed E-state index contributed by atoms with van der Waals surface area (Å²) in [7, 11) is 1.74. The molecule has 4 N–H and O–H groups in total. The number of hydrogen-bond acceptors (Lipinski definition) is 5. The van der Waals surface area contributed by atoms with Gasteiger partial charge in [-0.05, 0) is 44.4 Å². The Kier molecular flexibility index (Phi) is 7.29. The quantitative estimate of drug-likeness (QED) is 0.535.